The van der Waals surface area contributed by atoms with Gasteiger partial charge < -0.3 is 10.5 Å². The summed E-state index contributed by atoms with van der Waals surface area (Å²) in [6.07, 6.45) is -0.0394. The zero-order chi connectivity index (χ0) is 9.14. The number of nitrogens with zero attached hydrogens (tertiary/aromatic N) is 1. The van der Waals surface area contributed by atoms with Gasteiger partial charge >= 0.3 is 0 Å². The van der Waals surface area contributed by atoms with Crippen molar-refractivity contribution in [2.24, 2.45) is 5.73 Å². The molecule has 0 radical (unpaired) electrons. The third-order valence-electron chi connectivity index (χ3n) is 1.82. The van der Waals surface area contributed by atoms with Crippen LogP contribution in [0.2, 0.25) is 0 Å². The van der Waals surface area contributed by atoms with Crippen molar-refractivity contribution in [3.8, 4) is 0 Å². The van der Waals surface area contributed by atoms with E-state index in [1.165, 1.54) is 4.88 Å². The predicted octanol–water partition coefficient (Wildman–Crippen LogP) is 1.41. The molecule has 0 spiro atoms. The first-order chi connectivity index (χ1) is 5.69. The zero-order valence-electron chi connectivity index (χ0n) is 7.63. The number of thiazole rings is 1. The third kappa shape index (κ3) is 1.83. The molecule has 0 aromatic carbocycles. The number of aryl methyl sites for hydroxylation is 2. The van der Waals surface area contributed by atoms with Crippen molar-refractivity contribution in [3.63, 3.8) is 0 Å². The van der Waals surface area contributed by atoms with Crippen molar-refractivity contribution in [2.75, 3.05) is 13.7 Å². The second-order valence-electron chi connectivity index (χ2n) is 2.65. The molecule has 68 valence electrons. The first-order valence-electron chi connectivity index (χ1n) is 3.85. The molecule has 1 unspecified atom stereocenters. The van der Waals surface area contributed by atoms with Gasteiger partial charge in [0, 0.05) is 18.5 Å². The summed E-state index contributed by atoms with van der Waals surface area (Å²) in [7, 11) is 1.66. The summed E-state index contributed by atoms with van der Waals surface area (Å²) in [5, 5.41) is 0.981. The van der Waals surface area contributed by atoms with Crippen LogP contribution in [0.15, 0.2) is 0 Å². The normalized spacial score (nSPS) is 13.3. The Bertz CT molecular complexity index is 236. The Kier molecular flexibility index (Phi) is 3.20. The summed E-state index contributed by atoms with van der Waals surface area (Å²) in [5.74, 6) is 0. The van der Waals surface area contributed by atoms with Gasteiger partial charge in [0.25, 0.3) is 0 Å². The van der Waals surface area contributed by atoms with Gasteiger partial charge in [-0.1, -0.05) is 0 Å². The molecule has 0 aliphatic carbocycles. The fraction of sp³-hybridized carbons (Fsp3) is 0.625. The van der Waals surface area contributed by atoms with E-state index >= 15 is 0 Å². The van der Waals surface area contributed by atoms with E-state index in [2.05, 4.69) is 11.9 Å². The summed E-state index contributed by atoms with van der Waals surface area (Å²) in [5.41, 5.74) is 6.59. The van der Waals surface area contributed by atoms with E-state index in [1.54, 1.807) is 18.4 Å². The number of nitrogens with two attached hydrogens (primary N) is 1. The molecule has 0 amide bonds. The monoisotopic (exact) mass is 186 g/mol. The van der Waals surface area contributed by atoms with E-state index in [9.17, 15) is 0 Å². The van der Waals surface area contributed by atoms with E-state index in [4.69, 9.17) is 10.5 Å². The first-order valence-corrected chi connectivity index (χ1v) is 4.67. The SMILES string of the molecule is COC(CN)c1nc(C)c(C)s1. The van der Waals surface area contributed by atoms with Crippen molar-refractivity contribution >= 4 is 11.3 Å². The Labute approximate surface area is 76.6 Å². The van der Waals surface area contributed by atoms with E-state index < -0.39 is 0 Å². The van der Waals surface area contributed by atoms with Crippen molar-refractivity contribution in [2.45, 2.75) is 20.0 Å². The largest absolute Gasteiger partial charge is 0.373 e. The Hall–Kier alpha value is -0.450. The van der Waals surface area contributed by atoms with Crippen molar-refractivity contribution < 1.29 is 4.74 Å². The standard InChI is InChI=1S/C8H14N2OS/c1-5-6(2)12-8(10-5)7(4-9)11-3/h7H,4,9H2,1-3H3. The highest BCUT2D eigenvalue weighted by Gasteiger charge is 2.13. The van der Waals surface area contributed by atoms with Gasteiger partial charge in [0.05, 0.1) is 5.69 Å². The van der Waals surface area contributed by atoms with Crippen LogP contribution in [0.5, 0.6) is 0 Å². The van der Waals surface area contributed by atoms with E-state index in [0.717, 1.165) is 10.7 Å². The molecule has 0 aliphatic rings. The Morgan fingerprint density at radius 3 is 2.58 bits per heavy atom. The van der Waals surface area contributed by atoms with Gasteiger partial charge in [-0.05, 0) is 13.8 Å². The van der Waals surface area contributed by atoms with Gasteiger partial charge in [-0.25, -0.2) is 4.98 Å². The second-order valence-corrected chi connectivity index (χ2v) is 3.89. The molecule has 3 nitrogen and oxygen atoms in total. The highest BCUT2D eigenvalue weighted by Crippen LogP contribution is 2.23. The minimum absolute atomic E-state index is 0.0394. The average molecular weight is 186 g/mol. The van der Waals surface area contributed by atoms with Gasteiger partial charge in [0.2, 0.25) is 0 Å². The molecule has 1 heterocycles. The van der Waals surface area contributed by atoms with E-state index in [0.29, 0.717) is 6.54 Å². The van der Waals surface area contributed by atoms with Crippen LogP contribution < -0.4 is 5.73 Å². The molecular weight excluding hydrogens is 172 g/mol. The Morgan fingerprint density at radius 1 is 1.58 bits per heavy atom. The lowest BCUT2D eigenvalue weighted by atomic mass is 10.3. The van der Waals surface area contributed by atoms with E-state index in [1.807, 2.05) is 6.92 Å². The van der Waals surface area contributed by atoms with Crippen LogP contribution in [0.1, 0.15) is 21.7 Å². The molecule has 2 N–H and O–H groups in total. The molecule has 0 saturated heterocycles. The van der Waals surface area contributed by atoms with E-state index in [-0.39, 0.29) is 6.10 Å². The van der Waals surface area contributed by atoms with Crippen molar-refractivity contribution in [1.82, 2.24) is 4.98 Å². The van der Waals surface area contributed by atoms with Gasteiger partial charge in [-0.2, -0.15) is 0 Å². The zero-order valence-corrected chi connectivity index (χ0v) is 8.44. The average Bonchev–Trinajstić information content (AvgIpc) is 2.35. The van der Waals surface area contributed by atoms with Crippen LogP contribution in [-0.2, 0) is 4.74 Å². The molecule has 1 aromatic heterocycles. The topological polar surface area (TPSA) is 48.1 Å². The van der Waals surface area contributed by atoms with Gasteiger partial charge in [-0.3, -0.25) is 0 Å². The predicted molar refractivity (Wildman–Crippen MR) is 50.4 cm³/mol. The molecule has 4 heteroatoms. The Balaban J connectivity index is 2.86. The number of hydrogen-bond acceptors (Lipinski definition) is 4. The maximum absolute atomic E-state index is 5.52. The summed E-state index contributed by atoms with van der Waals surface area (Å²) in [6.45, 7) is 4.54. The van der Waals surface area contributed by atoms with Crippen molar-refractivity contribution in [3.05, 3.63) is 15.6 Å². The molecule has 0 saturated carbocycles. The molecule has 1 aromatic rings. The molecule has 12 heavy (non-hydrogen) atoms. The van der Waals surface area contributed by atoms with Gasteiger partial charge in [-0.15, -0.1) is 11.3 Å². The fourth-order valence-electron chi connectivity index (χ4n) is 0.933. The summed E-state index contributed by atoms with van der Waals surface area (Å²) in [6, 6.07) is 0. The van der Waals surface area contributed by atoms with Crippen LogP contribution in [-0.4, -0.2) is 18.6 Å². The number of hydrogen-bond donors (Lipinski definition) is 1. The van der Waals surface area contributed by atoms with Gasteiger partial charge in [0.15, 0.2) is 0 Å². The Morgan fingerprint density at radius 2 is 2.25 bits per heavy atom. The molecule has 0 aliphatic heterocycles. The van der Waals surface area contributed by atoms with Crippen LogP contribution in [0, 0.1) is 13.8 Å². The highest BCUT2D eigenvalue weighted by atomic mass is 32.1. The summed E-state index contributed by atoms with van der Waals surface area (Å²) < 4.78 is 5.18. The highest BCUT2D eigenvalue weighted by molar-refractivity contribution is 7.11. The molecule has 1 atom stereocenters. The van der Waals surface area contributed by atoms with Gasteiger partial charge in [0.1, 0.15) is 11.1 Å². The molecule has 0 bridgehead atoms. The van der Waals surface area contributed by atoms with Crippen LogP contribution in [0.3, 0.4) is 0 Å². The summed E-state index contributed by atoms with van der Waals surface area (Å²) >= 11 is 1.66. The number of methoxy groups -OCH3 is 1. The minimum atomic E-state index is -0.0394. The lowest BCUT2D eigenvalue weighted by Crippen LogP contribution is -2.13. The quantitative estimate of drug-likeness (QED) is 0.776. The molecule has 1 rings (SSSR count). The fourth-order valence-corrected chi connectivity index (χ4v) is 1.95. The smallest absolute Gasteiger partial charge is 0.123 e. The lowest BCUT2D eigenvalue weighted by molar-refractivity contribution is 0.110. The summed E-state index contributed by atoms with van der Waals surface area (Å²) in [4.78, 5) is 5.60. The first kappa shape index (κ1) is 9.64. The second kappa shape index (κ2) is 3.98. The third-order valence-corrected chi connectivity index (χ3v) is 2.98. The van der Waals surface area contributed by atoms with Crippen LogP contribution >= 0.6 is 11.3 Å². The number of aromatic nitrogens is 1. The molecular formula is C8H14N2OS. The van der Waals surface area contributed by atoms with Crippen LogP contribution in [0.4, 0.5) is 0 Å². The van der Waals surface area contributed by atoms with Crippen molar-refractivity contribution in [1.29, 1.82) is 0 Å². The number of rotatable bonds is 3. The minimum Gasteiger partial charge on any atom is -0.373 e. The maximum Gasteiger partial charge on any atom is 0.123 e. The number of ether oxygens (including phenoxy) is 1. The lowest BCUT2D eigenvalue weighted by Gasteiger charge is -2.07. The maximum atomic E-state index is 5.52. The molecule has 0 fully saturated rings. The van der Waals surface area contributed by atoms with Crippen LogP contribution in [0.25, 0.3) is 0 Å².